The number of hydrogen-bond acceptors (Lipinski definition) is 7. The van der Waals surface area contributed by atoms with Crippen LogP contribution in [0.25, 0.3) is 10.9 Å². The number of aliphatic hydroxyl groups excluding tert-OH is 1. The van der Waals surface area contributed by atoms with Gasteiger partial charge in [0.05, 0.1) is 12.6 Å². The highest BCUT2D eigenvalue weighted by molar-refractivity contribution is 5.95. The van der Waals surface area contributed by atoms with Crippen LogP contribution in [-0.4, -0.2) is 76.2 Å². The van der Waals surface area contributed by atoms with Gasteiger partial charge in [0.2, 0.25) is 17.7 Å². The summed E-state index contributed by atoms with van der Waals surface area (Å²) in [7, 11) is 0. The maximum Gasteiger partial charge on any atom is 0.326 e. The number of aliphatic carboxylic acids is 1. The molecule has 204 valence electrons. The molecule has 0 bridgehead atoms. The molecule has 4 atom stereocenters. The first-order chi connectivity index (χ1) is 17.6. The van der Waals surface area contributed by atoms with Crippen molar-refractivity contribution in [1.29, 1.82) is 0 Å². The number of carboxylic acids is 1. The second kappa shape index (κ2) is 14.3. The van der Waals surface area contributed by atoms with Gasteiger partial charge in [-0.2, -0.15) is 0 Å². The molecule has 1 heterocycles. The number of H-pyrrole nitrogens is 1. The fourth-order valence-corrected chi connectivity index (χ4v) is 3.88. The Kier molecular flexibility index (Phi) is 11.5. The number of aliphatic hydroxyl groups is 1. The molecule has 0 spiro atoms. The quantitative estimate of drug-likeness (QED) is 0.142. The Morgan fingerprint density at radius 3 is 2.24 bits per heavy atom. The number of nitrogens with one attached hydrogen (secondary N) is 4. The summed E-state index contributed by atoms with van der Waals surface area (Å²) in [5, 5.41) is 27.6. The molecule has 10 N–H and O–H groups in total. The number of benzene rings is 1. The maximum atomic E-state index is 13.2. The topological polar surface area (TPSA) is 213 Å². The molecular weight excluding hydrogens is 480 g/mol. The van der Waals surface area contributed by atoms with Crippen LogP contribution in [0.2, 0.25) is 0 Å². The number of aromatic amines is 1. The number of carbonyl (C=O) groups excluding carboxylic acids is 3. The predicted octanol–water partition coefficient (Wildman–Crippen LogP) is -0.646. The number of hydrogen-bond donors (Lipinski definition) is 8. The molecule has 12 nitrogen and oxygen atoms in total. The van der Waals surface area contributed by atoms with E-state index in [4.69, 9.17) is 11.5 Å². The zero-order valence-corrected chi connectivity index (χ0v) is 21.2. The van der Waals surface area contributed by atoms with Crippen LogP contribution in [0.4, 0.5) is 0 Å². The van der Waals surface area contributed by atoms with Gasteiger partial charge in [0, 0.05) is 23.5 Å². The smallest absolute Gasteiger partial charge is 0.326 e. The van der Waals surface area contributed by atoms with Crippen molar-refractivity contribution in [3.63, 3.8) is 0 Å². The number of aromatic nitrogens is 1. The summed E-state index contributed by atoms with van der Waals surface area (Å²) in [4.78, 5) is 53.3. The molecule has 0 aliphatic rings. The van der Waals surface area contributed by atoms with Crippen LogP contribution in [0.1, 0.15) is 38.7 Å². The number of nitrogens with two attached hydrogens (primary N) is 2. The molecule has 2 aromatic rings. The number of fused-ring (bicyclic) bond motifs is 1. The lowest BCUT2D eigenvalue weighted by atomic mass is 10.0. The van der Waals surface area contributed by atoms with Crippen molar-refractivity contribution in [2.75, 3.05) is 13.2 Å². The lowest BCUT2D eigenvalue weighted by Gasteiger charge is -2.25. The number of para-hydroxylation sites is 1. The lowest BCUT2D eigenvalue weighted by Crippen LogP contribution is -2.59. The molecule has 0 aliphatic heterocycles. The molecule has 3 amide bonds. The predicted molar refractivity (Wildman–Crippen MR) is 138 cm³/mol. The normalized spacial score (nSPS) is 14.5. The monoisotopic (exact) mass is 518 g/mol. The molecular formula is C25H38N6O6. The zero-order chi connectivity index (χ0) is 27.5. The van der Waals surface area contributed by atoms with Crippen molar-refractivity contribution in [3.05, 3.63) is 36.0 Å². The van der Waals surface area contributed by atoms with E-state index in [1.54, 1.807) is 20.0 Å². The van der Waals surface area contributed by atoms with E-state index in [0.717, 1.165) is 16.5 Å². The van der Waals surface area contributed by atoms with Gasteiger partial charge in [-0.05, 0) is 36.9 Å². The van der Waals surface area contributed by atoms with Gasteiger partial charge in [-0.3, -0.25) is 14.4 Å². The van der Waals surface area contributed by atoms with Gasteiger partial charge >= 0.3 is 5.97 Å². The van der Waals surface area contributed by atoms with Crippen LogP contribution >= 0.6 is 0 Å². The van der Waals surface area contributed by atoms with E-state index in [9.17, 15) is 29.4 Å². The molecule has 0 radical (unpaired) electrons. The second-order valence-corrected chi connectivity index (χ2v) is 9.33. The van der Waals surface area contributed by atoms with Crippen LogP contribution in [0.5, 0.6) is 0 Å². The molecule has 2 rings (SSSR count). The van der Waals surface area contributed by atoms with Crippen LogP contribution in [-0.2, 0) is 25.6 Å². The van der Waals surface area contributed by atoms with E-state index < -0.39 is 60.4 Å². The molecule has 0 saturated heterocycles. The third-order valence-electron chi connectivity index (χ3n) is 6.08. The Labute approximate surface area is 215 Å². The number of carboxylic acid groups (broad SMARTS) is 1. The van der Waals surface area contributed by atoms with E-state index in [1.165, 1.54) is 0 Å². The van der Waals surface area contributed by atoms with Gasteiger partial charge < -0.3 is 42.6 Å². The summed E-state index contributed by atoms with van der Waals surface area (Å²) in [6.45, 7) is 3.05. The van der Waals surface area contributed by atoms with Crippen LogP contribution in [0.15, 0.2) is 30.5 Å². The van der Waals surface area contributed by atoms with Crippen molar-refractivity contribution in [1.82, 2.24) is 20.9 Å². The van der Waals surface area contributed by atoms with Crippen molar-refractivity contribution in [3.8, 4) is 0 Å². The van der Waals surface area contributed by atoms with E-state index in [-0.39, 0.29) is 6.42 Å². The molecule has 1 aromatic carbocycles. The van der Waals surface area contributed by atoms with Gasteiger partial charge in [0.15, 0.2) is 0 Å². The first-order valence-corrected chi connectivity index (χ1v) is 12.3. The maximum absolute atomic E-state index is 13.2. The Balaban J connectivity index is 2.21. The second-order valence-electron chi connectivity index (χ2n) is 9.33. The van der Waals surface area contributed by atoms with Crippen LogP contribution < -0.4 is 27.4 Å². The molecule has 0 saturated carbocycles. The minimum atomic E-state index is -1.35. The highest BCUT2D eigenvalue weighted by Crippen LogP contribution is 2.19. The average molecular weight is 519 g/mol. The van der Waals surface area contributed by atoms with Crippen molar-refractivity contribution in [2.45, 2.75) is 63.7 Å². The van der Waals surface area contributed by atoms with E-state index in [2.05, 4.69) is 20.9 Å². The van der Waals surface area contributed by atoms with Crippen LogP contribution in [0, 0.1) is 5.92 Å². The SMILES string of the molecule is CC(C)C(NC(=O)C(Cc1c[nH]c2ccccc12)NC(=O)C(CO)NC(=O)C(N)CCCCN)C(=O)O. The molecule has 0 aliphatic carbocycles. The fraction of sp³-hybridized carbons (Fsp3) is 0.520. The number of rotatable bonds is 15. The molecule has 0 fully saturated rings. The van der Waals surface area contributed by atoms with Gasteiger partial charge in [-0.15, -0.1) is 0 Å². The van der Waals surface area contributed by atoms with E-state index in [0.29, 0.717) is 25.8 Å². The lowest BCUT2D eigenvalue weighted by molar-refractivity contribution is -0.143. The van der Waals surface area contributed by atoms with E-state index in [1.807, 2.05) is 24.3 Å². The summed E-state index contributed by atoms with van der Waals surface area (Å²) in [5.41, 5.74) is 12.9. The highest BCUT2D eigenvalue weighted by atomic mass is 16.4. The third-order valence-corrected chi connectivity index (χ3v) is 6.08. The molecule has 1 aromatic heterocycles. The number of unbranched alkanes of at least 4 members (excludes halogenated alkanes) is 1. The Morgan fingerprint density at radius 2 is 1.62 bits per heavy atom. The Morgan fingerprint density at radius 1 is 0.973 bits per heavy atom. The largest absolute Gasteiger partial charge is 0.480 e. The molecule has 4 unspecified atom stereocenters. The summed E-state index contributed by atoms with van der Waals surface area (Å²) in [5.74, 6) is -3.74. The van der Waals surface area contributed by atoms with Crippen molar-refractivity contribution >= 4 is 34.6 Å². The third kappa shape index (κ3) is 8.55. The van der Waals surface area contributed by atoms with E-state index >= 15 is 0 Å². The summed E-state index contributed by atoms with van der Waals surface area (Å²) >= 11 is 0. The standard InChI is InChI=1S/C25H38N6O6/c1-14(2)21(25(36)37)31-23(34)19(11-15-12-28-18-9-4-3-7-16(15)18)29-24(35)20(13-32)30-22(33)17(27)8-5-6-10-26/h3-4,7,9,12,14,17,19-21,28,32H,5-6,8,10-11,13,26-27H2,1-2H3,(H,29,35)(H,30,33)(H,31,34)(H,36,37). The van der Waals surface area contributed by atoms with Gasteiger partial charge in [0.25, 0.3) is 0 Å². The summed E-state index contributed by atoms with van der Waals surface area (Å²) in [6, 6.07) is 2.80. The van der Waals surface area contributed by atoms with Gasteiger partial charge in [-0.1, -0.05) is 38.5 Å². The minimum absolute atomic E-state index is 0.0384. The minimum Gasteiger partial charge on any atom is -0.480 e. The fourth-order valence-electron chi connectivity index (χ4n) is 3.88. The van der Waals surface area contributed by atoms with Crippen LogP contribution in [0.3, 0.4) is 0 Å². The average Bonchev–Trinajstić information content (AvgIpc) is 3.27. The molecule has 12 heteroatoms. The highest BCUT2D eigenvalue weighted by Gasteiger charge is 2.31. The Bertz CT molecular complexity index is 1070. The number of carbonyl (C=O) groups is 4. The number of amides is 3. The Hall–Kier alpha value is -3.48. The van der Waals surface area contributed by atoms with Gasteiger partial charge in [-0.25, -0.2) is 4.79 Å². The first-order valence-electron chi connectivity index (χ1n) is 12.3. The zero-order valence-electron chi connectivity index (χ0n) is 21.2. The summed E-state index contributed by atoms with van der Waals surface area (Å²) < 4.78 is 0. The van der Waals surface area contributed by atoms with Gasteiger partial charge in [0.1, 0.15) is 18.1 Å². The van der Waals surface area contributed by atoms with Crippen molar-refractivity contribution in [2.24, 2.45) is 17.4 Å². The molecule has 37 heavy (non-hydrogen) atoms. The van der Waals surface area contributed by atoms with Crippen molar-refractivity contribution < 1.29 is 29.4 Å². The first kappa shape index (κ1) is 29.7. The summed E-state index contributed by atoms with van der Waals surface area (Å²) in [6.07, 6.45) is 3.44.